The number of nitrogens with zero attached hydrogens (tertiary/aromatic N) is 3. The molecule has 0 N–H and O–H groups in total. The van der Waals surface area contributed by atoms with Crippen LogP contribution in [-0.2, 0) is 9.59 Å². The zero-order chi connectivity index (χ0) is 24.1. The highest BCUT2D eigenvalue weighted by Crippen LogP contribution is 2.31. The molecule has 0 aliphatic carbocycles. The van der Waals surface area contributed by atoms with Crippen LogP contribution in [0.25, 0.3) is 6.08 Å². The Labute approximate surface area is 201 Å². The van der Waals surface area contributed by atoms with E-state index in [1.807, 2.05) is 30.3 Å². The van der Waals surface area contributed by atoms with Crippen molar-refractivity contribution >= 4 is 45.8 Å². The van der Waals surface area contributed by atoms with E-state index in [2.05, 4.69) is 4.98 Å². The van der Waals surface area contributed by atoms with E-state index in [1.54, 1.807) is 28.5 Å². The number of amides is 2. The normalized spacial score (nSPS) is 14.4. The summed E-state index contributed by atoms with van der Waals surface area (Å²) < 4.78 is 14.2. The minimum Gasteiger partial charge on any atom is -0.339 e. The summed E-state index contributed by atoms with van der Waals surface area (Å²) in [4.78, 5) is 44.8. The van der Waals surface area contributed by atoms with Crippen LogP contribution < -0.4 is 4.90 Å². The van der Waals surface area contributed by atoms with E-state index in [9.17, 15) is 18.8 Å². The highest BCUT2D eigenvalue weighted by atomic mass is 32.1. The van der Waals surface area contributed by atoms with Crippen molar-refractivity contribution in [1.29, 1.82) is 0 Å². The van der Waals surface area contributed by atoms with Crippen LogP contribution >= 0.6 is 11.3 Å². The smallest absolute Gasteiger partial charge is 0.246 e. The summed E-state index contributed by atoms with van der Waals surface area (Å²) >= 11 is 1.19. The Balaban J connectivity index is 1.37. The maximum absolute atomic E-state index is 14.2. The molecule has 2 amide bonds. The molecule has 0 bridgehead atoms. The quantitative estimate of drug-likeness (QED) is 0.366. The van der Waals surface area contributed by atoms with Gasteiger partial charge in [-0.15, -0.1) is 11.3 Å². The molecule has 1 aliphatic rings. The van der Waals surface area contributed by atoms with Crippen molar-refractivity contribution < 1.29 is 18.8 Å². The van der Waals surface area contributed by atoms with Gasteiger partial charge in [0.25, 0.3) is 0 Å². The highest BCUT2D eigenvalue weighted by molar-refractivity contribution is 7.14. The molecule has 2 heterocycles. The van der Waals surface area contributed by atoms with Crippen LogP contribution in [-0.4, -0.2) is 40.6 Å². The predicted molar refractivity (Wildman–Crippen MR) is 130 cm³/mol. The van der Waals surface area contributed by atoms with Crippen LogP contribution in [0.2, 0.25) is 0 Å². The number of ketones is 1. The largest absolute Gasteiger partial charge is 0.339 e. The molecule has 0 unspecified atom stereocenters. The SMILES string of the molecule is CC(=O)N(c1nc(/C=C/C(=O)N2CCC(C(=O)c3ccccc3)CC2)cs1)c1ccccc1F. The Morgan fingerprint density at radius 1 is 1.06 bits per heavy atom. The van der Waals surface area contributed by atoms with Crippen molar-refractivity contribution in [2.24, 2.45) is 5.92 Å². The fourth-order valence-corrected chi connectivity index (χ4v) is 4.81. The monoisotopic (exact) mass is 477 g/mol. The molecule has 8 heteroatoms. The van der Waals surface area contributed by atoms with E-state index in [0.717, 1.165) is 0 Å². The third-order valence-corrected chi connectivity index (χ3v) is 6.59. The number of rotatable bonds is 6. The van der Waals surface area contributed by atoms with E-state index >= 15 is 0 Å². The fraction of sp³-hybridized carbons (Fsp3) is 0.231. The number of para-hydroxylation sites is 1. The van der Waals surface area contributed by atoms with Crippen molar-refractivity contribution in [3.63, 3.8) is 0 Å². The van der Waals surface area contributed by atoms with Gasteiger partial charge in [0.2, 0.25) is 11.8 Å². The minimum absolute atomic E-state index is 0.0764. The molecule has 0 atom stereocenters. The zero-order valence-corrected chi connectivity index (χ0v) is 19.5. The summed E-state index contributed by atoms with van der Waals surface area (Å²) in [5, 5.41) is 2.03. The lowest BCUT2D eigenvalue weighted by Gasteiger charge is -2.30. The van der Waals surface area contributed by atoms with Crippen LogP contribution in [0, 0.1) is 11.7 Å². The molecular weight excluding hydrogens is 453 g/mol. The minimum atomic E-state index is -0.519. The molecule has 6 nitrogen and oxygen atoms in total. The van der Waals surface area contributed by atoms with E-state index in [-0.39, 0.29) is 29.2 Å². The number of thiazole rings is 1. The van der Waals surface area contributed by atoms with E-state index in [4.69, 9.17) is 0 Å². The molecule has 2 aromatic carbocycles. The third-order valence-electron chi connectivity index (χ3n) is 5.74. The van der Waals surface area contributed by atoms with Gasteiger partial charge in [0.15, 0.2) is 10.9 Å². The lowest BCUT2D eigenvalue weighted by Crippen LogP contribution is -2.39. The summed E-state index contributed by atoms with van der Waals surface area (Å²) in [7, 11) is 0. The topological polar surface area (TPSA) is 70.6 Å². The molecule has 34 heavy (non-hydrogen) atoms. The number of likely N-dealkylation sites (tertiary alicyclic amines) is 1. The molecule has 0 radical (unpaired) electrons. The summed E-state index contributed by atoms with van der Waals surface area (Å²) in [6.45, 7) is 2.37. The van der Waals surface area contributed by atoms with Crippen molar-refractivity contribution in [3.05, 3.63) is 83.1 Å². The van der Waals surface area contributed by atoms with Crippen molar-refractivity contribution in [2.75, 3.05) is 18.0 Å². The maximum atomic E-state index is 14.2. The van der Waals surface area contributed by atoms with Crippen molar-refractivity contribution in [2.45, 2.75) is 19.8 Å². The molecule has 174 valence electrons. The second-order valence-corrected chi connectivity index (χ2v) is 8.86. The van der Waals surface area contributed by atoms with Crippen LogP contribution in [0.1, 0.15) is 35.8 Å². The number of piperidine rings is 1. The van der Waals surface area contributed by atoms with Crippen LogP contribution in [0.5, 0.6) is 0 Å². The molecule has 1 saturated heterocycles. The molecule has 4 rings (SSSR count). The standard InChI is InChI=1S/C26H24FN3O3S/c1-18(31)30(23-10-6-5-9-22(23)27)26-28-21(17-34-26)11-12-24(32)29-15-13-20(14-16-29)25(33)19-7-3-2-4-8-19/h2-12,17,20H,13-16H2,1H3/b12-11+. The fourth-order valence-electron chi connectivity index (χ4n) is 3.96. The van der Waals surface area contributed by atoms with Gasteiger partial charge in [-0.3, -0.25) is 19.3 Å². The molecule has 1 fully saturated rings. The second kappa shape index (κ2) is 10.5. The van der Waals surface area contributed by atoms with E-state index in [0.29, 0.717) is 42.3 Å². The Morgan fingerprint density at radius 3 is 2.41 bits per heavy atom. The Morgan fingerprint density at radius 2 is 1.74 bits per heavy atom. The first-order chi connectivity index (χ1) is 16.4. The van der Waals surface area contributed by atoms with Gasteiger partial charge in [0.05, 0.1) is 11.4 Å². The molecule has 1 aromatic heterocycles. The summed E-state index contributed by atoms with van der Waals surface area (Å²) in [5.41, 5.74) is 1.34. The van der Waals surface area contributed by atoms with Crippen LogP contribution in [0.4, 0.5) is 15.2 Å². The molecule has 1 aliphatic heterocycles. The first-order valence-corrected chi connectivity index (χ1v) is 11.9. The number of Topliss-reactive ketones (excluding diaryl/α,β-unsaturated/α-hetero) is 1. The van der Waals surface area contributed by atoms with Crippen molar-refractivity contribution in [3.8, 4) is 0 Å². The summed E-state index contributed by atoms with van der Waals surface area (Å²) in [5.74, 6) is -0.985. The number of halogens is 1. The van der Waals surface area contributed by atoms with Gasteiger partial charge in [0.1, 0.15) is 5.82 Å². The second-order valence-electron chi connectivity index (χ2n) is 8.02. The number of carbonyl (C=O) groups excluding carboxylic acids is 3. The molecular formula is C26H24FN3O3S. The van der Waals surface area contributed by atoms with Gasteiger partial charge in [-0.1, -0.05) is 42.5 Å². The molecule has 3 aromatic rings. The Bertz CT molecular complexity index is 1220. The van der Waals surface area contributed by atoms with Gasteiger partial charge in [-0.25, -0.2) is 9.37 Å². The zero-order valence-electron chi connectivity index (χ0n) is 18.7. The van der Waals surface area contributed by atoms with Crippen LogP contribution in [0.3, 0.4) is 0 Å². The van der Waals surface area contributed by atoms with Gasteiger partial charge in [-0.05, 0) is 31.1 Å². The first-order valence-electron chi connectivity index (χ1n) is 11.0. The predicted octanol–water partition coefficient (Wildman–Crippen LogP) is 5.10. The lowest BCUT2D eigenvalue weighted by molar-refractivity contribution is -0.127. The van der Waals surface area contributed by atoms with Crippen LogP contribution in [0.15, 0.2) is 66.1 Å². The summed E-state index contributed by atoms with van der Waals surface area (Å²) in [6.07, 6.45) is 4.29. The van der Waals surface area contributed by atoms with Gasteiger partial charge in [-0.2, -0.15) is 0 Å². The number of aromatic nitrogens is 1. The lowest BCUT2D eigenvalue weighted by atomic mass is 9.89. The van der Waals surface area contributed by atoms with Crippen molar-refractivity contribution in [1.82, 2.24) is 9.88 Å². The van der Waals surface area contributed by atoms with Gasteiger partial charge < -0.3 is 4.90 Å². The number of anilines is 2. The Kier molecular flexibility index (Phi) is 7.27. The van der Waals surface area contributed by atoms with E-state index in [1.165, 1.54) is 41.4 Å². The van der Waals surface area contributed by atoms with E-state index < -0.39 is 5.82 Å². The number of benzene rings is 2. The highest BCUT2D eigenvalue weighted by Gasteiger charge is 2.27. The maximum Gasteiger partial charge on any atom is 0.246 e. The van der Waals surface area contributed by atoms with Gasteiger partial charge >= 0.3 is 0 Å². The Hall–Kier alpha value is -3.65. The number of hydrogen-bond acceptors (Lipinski definition) is 5. The molecule has 0 saturated carbocycles. The van der Waals surface area contributed by atoms with Gasteiger partial charge in [0, 0.05) is 43.0 Å². The average molecular weight is 478 g/mol. The summed E-state index contributed by atoms with van der Waals surface area (Å²) in [6, 6.07) is 15.2. The average Bonchev–Trinajstić information content (AvgIpc) is 3.32. The first kappa shape index (κ1) is 23.5. The third kappa shape index (κ3) is 5.28. The number of carbonyl (C=O) groups is 3. The molecule has 0 spiro atoms. The number of hydrogen-bond donors (Lipinski definition) is 0.